The number of amides is 1. The Kier molecular flexibility index (Phi) is 4.81. The van der Waals surface area contributed by atoms with Crippen LogP contribution in [0.4, 0.5) is 5.82 Å². The van der Waals surface area contributed by atoms with E-state index in [1.165, 1.54) is 31.1 Å². The summed E-state index contributed by atoms with van der Waals surface area (Å²) in [5.74, 6) is 0.434. The molecule has 1 aliphatic rings. The first-order valence-electron chi connectivity index (χ1n) is 8.75. The van der Waals surface area contributed by atoms with Crippen molar-refractivity contribution in [3.05, 3.63) is 58.1 Å². The van der Waals surface area contributed by atoms with Gasteiger partial charge in [0.2, 0.25) is 5.82 Å². The first kappa shape index (κ1) is 17.5. The Hall–Kier alpha value is -2.86. The summed E-state index contributed by atoms with van der Waals surface area (Å²) in [5.41, 5.74) is 4.47. The minimum atomic E-state index is -0.352. The smallest absolute Gasteiger partial charge is 0.257 e. The molecule has 1 amide bonds. The van der Waals surface area contributed by atoms with Gasteiger partial charge in [-0.3, -0.25) is 4.79 Å². The number of carbonyl (C=O) groups excluding carboxylic acids is 1. The number of benzene rings is 2. The van der Waals surface area contributed by atoms with Crippen LogP contribution in [0.3, 0.4) is 0 Å². The molecule has 6 nitrogen and oxygen atoms in total. The number of carbonyl (C=O) groups is 1. The van der Waals surface area contributed by atoms with Crippen molar-refractivity contribution in [1.29, 1.82) is 0 Å². The van der Waals surface area contributed by atoms with Crippen molar-refractivity contribution < 1.29 is 14.2 Å². The average molecular weight is 384 g/mol. The zero-order valence-corrected chi connectivity index (χ0v) is 15.5. The van der Waals surface area contributed by atoms with Gasteiger partial charge >= 0.3 is 0 Å². The summed E-state index contributed by atoms with van der Waals surface area (Å²) in [7, 11) is 1.52. The number of ether oxygens (including phenoxy) is 1. The second kappa shape index (κ2) is 7.40. The highest BCUT2D eigenvalue weighted by molar-refractivity contribution is 6.32. The maximum atomic E-state index is 12.6. The molecule has 138 valence electrons. The number of aromatic nitrogens is 2. The lowest BCUT2D eigenvalue weighted by Gasteiger charge is -2.16. The van der Waals surface area contributed by atoms with Crippen LogP contribution < -0.4 is 10.1 Å². The van der Waals surface area contributed by atoms with Gasteiger partial charge in [0, 0.05) is 11.1 Å². The Morgan fingerprint density at radius 2 is 1.93 bits per heavy atom. The standard InChI is InChI=1S/C20H18ClN3O3/c1-26-17-9-8-15(11-16(17)21)20(25)22-19-18(23-27-24-19)14-7-6-12-4-2-3-5-13(12)10-14/h6-11H,2-5H2,1H3,(H,22,24,25). The zero-order chi connectivity index (χ0) is 18.8. The molecule has 0 spiro atoms. The van der Waals surface area contributed by atoms with Crippen molar-refractivity contribution in [3.8, 4) is 17.0 Å². The van der Waals surface area contributed by atoms with Crippen LogP contribution in [-0.4, -0.2) is 23.3 Å². The van der Waals surface area contributed by atoms with Crippen molar-refractivity contribution in [2.24, 2.45) is 0 Å². The van der Waals surface area contributed by atoms with Crippen molar-refractivity contribution >= 4 is 23.3 Å². The first-order chi connectivity index (χ1) is 13.2. The summed E-state index contributed by atoms with van der Waals surface area (Å²) in [6, 6.07) is 11.0. The number of nitrogens with zero attached hydrogens (tertiary/aromatic N) is 2. The second-order valence-corrected chi connectivity index (χ2v) is 6.86. The normalized spacial score (nSPS) is 13.1. The highest BCUT2D eigenvalue weighted by Gasteiger charge is 2.19. The summed E-state index contributed by atoms with van der Waals surface area (Å²) in [5, 5.41) is 10.9. The van der Waals surface area contributed by atoms with Gasteiger partial charge in [-0.1, -0.05) is 23.7 Å². The molecule has 3 aromatic rings. The maximum absolute atomic E-state index is 12.6. The van der Waals surface area contributed by atoms with Gasteiger partial charge in [0.25, 0.3) is 5.91 Å². The van der Waals surface area contributed by atoms with E-state index in [1.54, 1.807) is 18.2 Å². The van der Waals surface area contributed by atoms with Gasteiger partial charge in [0.05, 0.1) is 12.1 Å². The Labute approximate surface area is 161 Å². The fourth-order valence-corrected chi connectivity index (χ4v) is 3.59. The van der Waals surface area contributed by atoms with Gasteiger partial charge in [-0.2, -0.15) is 0 Å². The van der Waals surface area contributed by atoms with Crippen LogP contribution in [0, 0.1) is 0 Å². The van der Waals surface area contributed by atoms with E-state index in [2.05, 4.69) is 27.8 Å². The van der Waals surface area contributed by atoms with E-state index in [0.717, 1.165) is 18.4 Å². The van der Waals surface area contributed by atoms with Gasteiger partial charge < -0.3 is 10.1 Å². The van der Waals surface area contributed by atoms with Crippen molar-refractivity contribution in [2.45, 2.75) is 25.7 Å². The van der Waals surface area contributed by atoms with E-state index < -0.39 is 0 Å². The van der Waals surface area contributed by atoms with Crippen LogP contribution >= 0.6 is 11.6 Å². The summed E-state index contributed by atoms with van der Waals surface area (Å²) in [6.07, 6.45) is 4.58. The fourth-order valence-electron chi connectivity index (χ4n) is 3.33. The Bertz CT molecular complexity index is 1000. The number of hydrogen-bond donors (Lipinski definition) is 1. The molecule has 1 heterocycles. The summed E-state index contributed by atoms with van der Waals surface area (Å²) < 4.78 is 9.99. The molecule has 0 bridgehead atoms. The van der Waals surface area contributed by atoms with Crippen molar-refractivity contribution in [1.82, 2.24) is 10.3 Å². The predicted octanol–water partition coefficient (Wildman–Crippen LogP) is 4.53. The third-order valence-corrected chi connectivity index (χ3v) is 5.05. The average Bonchev–Trinajstić information content (AvgIpc) is 3.15. The molecule has 0 atom stereocenters. The molecule has 0 aliphatic heterocycles. The number of rotatable bonds is 4. The van der Waals surface area contributed by atoms with Crippen LogP contribution in [0.1, 0.15) is 34.3 Å². The van der Waals surface area contributed by atoms with Gasteiger partial charge in [-0.05, 0) is 71.4 Å². The number of nitrogens with one attached hydrogen (secondary N) is 1. The highest BCUT2D eigenvalue weighted by atomic mass is 35.5. The summed E-state index contributed by atoms with van der Waals surface area (Å²) in [6.45, 7) is 0. The van der Waals surface area contributed by atoms with E-state index in [1.807, 2.05) is 6.07 Å². The minimum Gasteiger partial charge on any atom is -0.495 e. The molecule has 0 saturated carbocycles. The number of methoxy groups -OCH3 is 1. The third-order valence-electron chi connectivity index (χ3n) is 4.76. The molecular weight excluding hydrogens is 366 g/mol. The number of halogens is 1. The Morgan fingerprint density at radius 3 is 2.70 bits per heavy atom. The zero-order valence-electron chi connectivity index (χ0n) is 14.8. The van der Waals surface area contributed by atoms with Crippen LogP contribution in [-0.2, 0) is 12.8 Å². The van der Waals surface area contributed by atoms with E-state index in [4.69, 9.17) is 21.0 Å². The molecule has 1 aliphatic carbocycles. The van der Waals surface area contributed by atoms with E-state index in [-0.39, 0.29) is 11.7 Å². The molecule has 1 N–H and O–H groups in total. The Morgan fingerprint density at radius 1 is 1.11 bits per heavy atom. The maximum Gasteiger partial charge on any atom is 0.257 e. The van der Waals surface area contributed by atoms with E-state index in [0.29, 0.717) is 22.0 Å². The third kappa shape index (κ3) is 3.53. The largest absolute Gasteiger partial charge is 0.495 e. The molecule has 4 rings (SSSR count). The van der Waals surface area contributed by atoms with Crippen LogP contribution in [0.5, 0.6) is 5.75 Å². The second-order valence-electron chi connectivity index (χ2n) is 6.46. The van der Waals surface area contributed by atoms with Crippen LogP contribution in [0.2, 0.25) is 5.02 Å². The lowest BCUT2D eigenvalue weighted by atomic mass is 9.90. The molecule has 0 radical (unpaired) electrons. The topological polar surface area (TPSA) is 77.2 Å². The van der Waals surface area contributed by atoms with Gasteiger partial charge in [0.1, 0.15) is 5.75 Å². The molecule has 0 unspecified atom stereocenters. The predicted molar refractivity (Wildman–Crippen MR) is 102 cm³/mol. The van der Waals surface area contributed by atoms with Crippen LogP contribution in [0.15, 0.2) is 41.0 Å². The van der Waals surface area contributed by atoms with Crippen molar-refractivity contribution in [3.63, 3.8) is 0 Å². The molecule has 0 fully saturated rings. The lowest BCUT2D eigenvalue weighted by Crippen LogP contribution is -2.13. The molecule has 1 aromatic heterocycles. The SMILES string of the molecule is COc1ccc(C(=O)Nc2nonc2-c2ccc3c(c2)CCCC3)cc1Cl. The lowest BCUT2D eigenvalue weighted by molar-refractivity contribution is 0.102. The first-order valence-corrected chi connectivity index (χ1v) is 9.13. The molecular formula is C20H18ClN3O3. The Balaban J connectivity index is 1.59. The van der Waals surface area contributed by atoms with Gasteiger partial charge in [0.15, 0.2) is 5.69 Å². The molecule has 7 heteroatoms. The number of fused-ring (bicyclic) bond motifs is 1. The highest BCUT2D eigenvalue weighted by Crippen LogP contribution is 2.30. The quantitative estimate of drug-likeness (QED) is 0.716. The summed E-state index contributed by atoms with van der Waals surface area (Å²) >= 11 is 6.10. The van der Waals surface area contributed by atoms with Crippen molar-refractivity contribution in [2.75, 3.05) is 12.4 Å². The van der Waals surface area contributed by atoms with E-state index >= 15 is 0 Å². The molecule has 27 heavy (non-hydrogen) atoms. The van der Waals surface area contributed by atoms with Gasteiger partial charge in [-0.25, -0.2) is 4.63 Å². The number of aryl methyl sites for hydroxylation is 2. The molecule has 2 aromatic carbocycles. The number of hydrogen-bond acceptors (Lipinski definition) is 5. The number of anilines is 1. The summed E-state index contributed by atoms with van der Waals surface area (Å²) in [4.78, 5) is 12.6. The minimum absolute atomic E-state index is 0.280. The molecule has 0 saturated heterocycles. The monoisotopic (exact) mass is 383 g/mol. The van der Waals surface area contributed by atoms with Crippen LogP contribution in [0.25, 0.3) is 11.3 Å². The van der Waals surface area contributed by atoms with E-state index in [9.17, 15) is 4.79 Å². The van der Waals surface area contributed by atoms with Gasteiger partial charge in [-0.15, -0.1) is 0 Å². The fraction of sp³-hybridized carbons (Fsp3) is 0.250.